The number of sulfonamides is 1. The lowest BCUT2D eigenvalue weighted by atomic mass is 10.0. The summed E-state index contributed by atoms with van der Waals surface area (Å²) in [7, 11) is -1.73. The predicted molar refractivity (Wildman–Crippen MR) is 93.8 cm³/mol. The first-order valence-electron chi connectivity index (χ1n) is 7.84. The summed E-state index contributed by atoms with van der Waals surface area (Å²) in [5.41, 5.74) is 2.30. The second kappa shape index (κ2) is 6.24. The third-order valence-corrected chi connectivity index (χ3v) is 6.82. The van der Waals surface area contributed by atoms with Crippen LogP contribution in [0.1, 0.15) is 29.5 Å². The summed E-state index contributed by atoms with van der Waals surface area (Å²) in [6.45, 7) is 2.08. The molecule has 2 N–H and O–H groups in total. The van der Waals surface area contributed by atoms with E-state index in [1.165, 1.54) is 10.4 Å². The fourth-order valence-corrected chi connectivity index (χ4v) is 5.50. The van der Waals surface area contributed by atoms with Gasteiger partial charge in [-0.2, -0.15) is 4.31 Å². The Bertz CT molecular complexity index is 878. The van der Waals surface area contributed by atoms with E-state index in [-0.39, 0.29) is 23.0 Å². The molecule has 3 heterocycles. The molecule has 0 radical (unpaired) electrons. The second-order valence-electron chi connectivity index (χ2n) is 6.44. The molecule has 10 heteroatoms. The van der Waals surface area contributed by atoms with Crippen LogP contribution in [0, 0.1) is 0 Å². The van der Waals surface area contributed by atoms with E-state index in [1.54, 1.807) is 0 Å². The molecule has 3 aliphatic rings. The summed E-state index contributed by atoms with van der Waals surface area (Å²) < 4.78 is 27.6. The molecule has 1 aromatic rings. The Morgan fingerprint density at radius 1 is 1.20 bits per heavy atom. The zero-order valence-corrected chi connectivity index (χ0v) is 15.3. The lowest BCUT2D eigenvalue weighted by Crippen LogP contribution is -2.29. The van der Waals surface area contributed by atoms with E-state index in [0.717, 1.165) is 24.0 Å². The van der Waals surface area contributed by atoms with Crippen LogP contribution in [0.3, 0.4) is 0 Å². The SMILES string of the molecule is CN1Cc2c(S(=O)(=O)N3CCCC3)cc3c(c2C1)NC(=O)/C3=N\O.Cl. The van der Waals surface area contributed by atoms with Crippen molar-refractivity contribution in [1.29, 1.82) is 0 Å². The molecule has 0 spiro atoms. The maximum absolute atomic E-state index is 13.1. The number of oxime groups is 1. The molecule has 0 aromatic heterocycles. The van der Waals surface area contributed by atoms with Gasteiger partial charge in [-0.05, 0) is 37.1 Å². The van der Waals surface area contributed by atoms with Gasteiger partial charge in [0, 0.05) is 31.7 Å². The Morgan fingerprint density at radius 3 is 2.48 bits per heavy atom. The van der Waals surface area contributed by atoms with E-state index in [2.05, 4.69) is 10.5 Å². The number of nitrogens with one attached hydrogen (secondary N) is 1. The summed E-state index contributed by atoms with van der Waals surface area (Å²) in [5.74, 6) is -0.514. The fraction of sp³-hybridized carbons (Fsp3) is 0.467. The molecule has 0 aliphatic carbocycles. The van der Waals surface area contributed by atoms with E-state index in [9.17, 15) is 13.2 Å². The lowest BCUT2D eigenvalue weighted by Gasteiger charge is -2.19. The summed E-state index contributed by atoms with van der Waals surface area (Å²) in [4.78, 5) is 14.2. The van der Waals surface area contributed by atoms with Gasteiger partial charge in [0.1, 0.15) is 0 Å². The van der Waals surface area contributed by atoms with Gasteiger partial charge in [-0.1, -0.05) is 5.16 Å². The molecule has 25 heavy (non-hydrogen) atoms. The van der Waals surface area contributed by atoms with E-state index >= 15 is 0 Å². The van der Waals surface area contributed by atoms with Crippen molar-refractivity contribution in [3.05, 3.63) is 22.8 Å². The maximum Gasteiger partial charge on any atom is 0.278 e. The van der Waals surface area contributed by atoms with Crippen molar-refractivity contribution in [3.8, 4) is 0 Å². The topological polar surface area (TPSA) is 102 Å². The van der Waals surface area contributed by atoms with Gasteiger partial charge < -0.3 is 10.5 Å². The highest BCUT2D eigenvalue weighted by molar-refractivity contribution is 7.89. The minimum Gasteiger partial charge on any atom is -0.410 e. The molecule has 1 amide bonds. The number of rotatable bonds is 2. The molecule has 1 aromatic carbocycles. The highest BCUT2D eigenvalue weighted by Crippen LogP contribution is 2.40. The molecule has 8 nitrogen and oxygen atoms in total. The summed E-state index contributed by atoms with van der Waals surface area (Å²) in [6.07, 6.45) is 1.71. The van der Waals surface area contributed by atoms with Crippen LogP contribution in [-0.4, -0.2) is 54.6 Å². The predicted octanol–water partition coefficient (Wildman–Crippen LogP) is 0.969. The van der Waals surface area contributed by atoms with E-state index in [4.69, 9.17) is 5.21 Å². The number of hydrogen-bond acceptors (Lipinski definition) is 6. The normalized spacial score (nSPS) is 22.0. The van der Waals surface area contributed by atoms with Gasteiger partial charge in [0.2, 0.25) is 10.0 Å². The molecule has 0 atom stereocenters. The van der Waals surface area contributed by atoms with Gasteiger partial charge in [0.05, 0.1) is 10.6 Å². The number of carbonyl (C=O) groups excluding carboxylic acids is 1. The van der Waals surface area contributed by atoms with Gasteiger partial charge in [-0.15, -0.1) is 12.4 Å². The fourth-order valence-electron chi connectivity index (χ4n) is 3.72. The first kappa shape index (κ1) is 18.1. The molecule has 4 rings (SSSR count). The quantitative estimate of drug-likeness (QED) is 0.582. The van der Waals surface area contributed by atoms with Crippen LogP contribution in [0.4, 0.5) is 5.69 Å². The average Bonchev–Trinajstić information content (AvgIpc) is 3.22. The van der Waals surface area contributed by atoms with Crippen LogP contribution in [0.25, 0.3) is 0 Å². The first-order chi connectivity index (χ1) is 11.4. The molecule has 1 saturated heterocycles. The second-order valence-corrected chi connectivity index (χ2v) is 8.35. The van der Waals surface area contributed by atoms with Crippen molar-refractivity contribution < 1.29 is 18.4 Å². The first-order valence-corrected chi connectivity index (χ1v) is 9.28. The Labute approximate surface area is 151 Å². The van der Waals surface area contributed by atoms with E-state index in [0.29, 0.717) is 37.4 Å². The number of benzene rings is 1. The number of carbonyl (C=O) groups is 1. The average molecular weight is 387 g/mol. The summed E-state index contributed by atoms with van der Waals surface area (Å²) >= 11 is 0. The van der Waals surface area contributed by atoms with Crippen molar-refractivity contribution in [2.45, 2.75) is 30.8 Å². The highest BCUT2D eigenvalue weighted by Gasteiger charge is 2.39. The summed E-state index contributed by atoms with van der Waals surface area (Å²) in [5, 5.41) is 14.9. The van der Waals surface area contributed by atoms with Crippen LogP contribution >= 0.6 is 12.4 Å². The van der Waals surface area contributed by atoms with Gasteiger partial charge in [0.15, 0.2) is 5.71 Å². The van der Waals surface area contributed by atoms with Crippen LogP contribution in [0.2, 0.25) is 0 Å². The molecule has 0 unspecified atom stereocenters. The Morgan fingerprint density at radius 2 is 1.84 bits per heavy atom. The Kier molecular flexibility index (Phi) is 4.52. The summed E-state index contributed by atoms with van der Waals surface area (Å²) in [6, 6.07) is 1.48. The Hall–Kier alpha value is -1.68. The van der Waals surface area contributed by atoms with Crippen molar-refractivity contribution in [2.24, 2.45) is 5.16 Å². The van der Waals surface area contributed by atoms with Crippen molar-refractivity contribution in [2.75, 3.05) is 25.5 Å². The standard InChI is InChI=1S/C15H18N4O4S.ClH/c1-18-7-10-11(8-18)13-9(14(17-21)15(20)16-13)6-12(10)24(22,23)19-4-2-3-5-19;/h6,21H,2-5,7-8H2,1H3,(H,16,17,20);1H. The number of fused-ring (bicyclic) bond motifs is 3. The van der Waals surface area contributed by atoms with E-state index in [1.807, 2.05) is 11.9 Å². The third kappa shape index (κ3) is 2.62. The zero-order valence-electron chi connectivity index (χ0n) is 13.7. The van der Waals surface area contributed by atoms with Crippen molar-refractivity contribution >= 4 is 39.7 Å². The number of nitrogens with zero attached hydrogens (tertiary/aromatic N) is 3. The zero-order chi connectivity index (χ0) is 17.1. The number of anilines is 1. The van der Waals surface area contributed by atoms with Crippen LogP contribution in [0.15, 0.2) is 16.1 Å². The smallest absolute Gasteiger partial charge is 0.278 e. The van der Waals surface area contributed by atoms with Crippen molar-refractivity contribution in [3.63, 3.8) is 0 Å². The molecule has 0 saturated carbocycles. The molecule has 1 fully saturated rings. The lowest BCUT2D eigenvalue weighted by molar-refractivity contribution is -0.110. The highest BCUT2D eigenvalue weighted by atomic mass is 35.5. The van der Waals surface area contributed by atoms with Gasteiger partial charge in [-0.25, -0.2) is 8.42 Å². The number of amides is 1. The molecule has 3 aliphatic heterocycles. The van der Waals surface area contributed by atoms with Crippen LogP contribution in [0.5, 0.6) is 0 Å². The minimum atomic E-state index is -3.63. The largest absolute Gasteiger partial charge is 0.410 e. The minimum absolute atomic E-state index is 0. The maximum atomic E-state index is 13.1. The molecule has 136 valence electrons. The van der Waals surface area contributed by atoms with Gasteiger partial charge in [-0.3, -0.25) is 9.69 Å². The number of halogens is 1. The molecule has 0 bridgehead atoms. The molecular formula is C15H19ClN4O4S. The third-order valence-electron chi connectivity index (χ3n) is 4.86. The van der Waals surface area contributed by atoms with Gasteiger partial charge in [0.25, 0.3) is 5.91 Å². The molecular weight excluding hydrogens is 368 g/mol. The Balaban J connectivity index is 0.00000182. The number of hydrogen-bond donors (Lipinski definition) is 2. The van der Waals surface area contributed by atoms with Crippen molar-refractivity contribution in [1.82, 2.24) is 9.21 Å². The van der Waals surface area contributed by atoms with Crippen LogP contribution < -0.4 is 5.32 Å². The monoisotopic (exact) mass is 386 g/mol. The van der Waals surface area contributed by atoms with E-state index < -0.39 is 15.9 Å². The van der Waals surface area contributed by atoms with Gasteiger partial charge >= 0.3 is 0 Å². The van der Waals surface area contributed by atoms with Crippen LogP contribution in [-0.2, 0) is 27.9 Å².